The molecular formula is C28H32N8OS. The van der Waals surface area contributed by atoms with Crippen LogP contribution >= 0.6 is 11.3 Å². The van der Waals surface area contributed by atoms with Crippen LogP contribution < -0.4 is 5.73 Å². The Morgan fingerprint density at radius 3 is 2.84 bits per heavy atom. The smallest absolute Gasteiger partial charge is 0.184 e. The Morgan fingerprint density at radius 1 is 1.26 bits per heavy atom. The first-order valence-electron chi connectivity index (χ1n) is 13.7. The molecule has 38 heavy (non-hydrogen) atoms. The van der Waals surface area contributed by atoms with Crippen molar-refractivity contribution in [2.45, 2.75) is 82.7 Å². The number of aryl methyl sites for hydroxylation is 2. The van der Waals surface area contributed by atoms with Gasteiger partial charge in [-0.15, -0.1) is 11.3 Å². The van der Waals surface area contributed by atoms with Gasteiger partial charge in [-0.05, 0) is 84.4 Å². The van der Waals surface area contributed by atoms with Gasteiger partial charge >= 0.3 is 0 Å². The lowest BCUT2D eigenvalue weighted by molar-refractivity contribution is 0.232. The van der Waals surface area contributed by atoms with Gasteiger partial charge in [-0.1, -0.05) is 5.16 Å². The van der Waals surface area contributed by atoms with Crippen LogP contribution in [-0.2, 0) is 18.3 Å². The van der Waals surface area contributed by atoms with Gasteiger partial charge in [0.2, 0.25) is 0 Å². The quantitative estimate of drug-likeness (QED) is 0.398. The van der Waals surface area contributed by atoms with Crippen LogP contribution in [0.4, 0.5) is 5.00 Å². The van der Waals surface area contributed by atoms with Gasteiger partial charge in [-0.2, -0.15) is 10.4 Å². The molecule has 4 aromatic rings. The number of nitriles is 1. The lowest BCUT2D eigenvalue weighted by atomic mass is 9.63. The lowest BCUT2D eigenvalue weighted by Crippen LogP contribution is -2.35. The maximum absolute atomic E-state index is 9.98. The fourth-order valence-electron chi connectivity index (χ4n) is 7.39. The second kappa shape index (κ2) is 8.61. The monoisotopic (exact) mass is 528 g/mol. The molecule has 0 saturated carbocycles. The van der Waals surface area contributed by atoms with E-state index in [1.165, 1.54) is 11.3 Å². The molecule has 1 fully saturated rings. The summed E-state index contributed by atoms with van der Waals surface area (Å²) < 4.78 is 8.27. The van der Waals surface area contributed by atoms with Crippen molar-refractivity contribution in [3.05, 3.63) is 39.2 Å². The summed E-state index contributed by atoms with van der Waals surface area (Å²) in [6, 6.07) is 3.03. The number of aromatic nitrogens is 5. The molecule has 3 atom stereocenters. The molecule has 0 radical (unpaired) electrons. The van der Waals surface area contributed by atoms with Crippen LogP contribution in [0.3, 0.4) is 0 Å². The summed E-state index contributed by atoms with van der Waals surface area (Å²) in [5, 5.41) is 21.0. The van der Waals surface area contributed by atoms with E-state index in [4.69, 9.17) is 25.3 Å². The molecule has 5 heterocycles. The summed E-state index contributed by atoms with van der Waals surface area (Å²) >= 11 is 1.56. The van der Waals surface area contributed by atoms with Crippen LogP contribution in [0.15, 0.2) is 10.7 Å². The van der Waals surface area contributed by atoms with Crippen LogP contribution in [0.5, 0.6) is 0 Å². The number of nitrogens with two attached hydrogens (primary N) is 1. The minimum atomic E-state index is -0.352. The largest absolute Gasteiger partial charge is 0.389 e. The number of hydrogen-bond acceptors (Lipinski definition) is 9. The van der Waals surface area contributed by atoms with Gasteiger partial charge in [0, 0.05) is 22.7 Å². The number of likely N-dealkylation sites (N-methyl/N-ethyl adjacent to an activating group) is 1. The zero-order valence-electron chi connectivity index (χ0n) is 22.1. The van der Waals surface area contributed by atoms with Crippen LogP contribution in [0.25, 0.3) is 22.6 Å². The van der Waals surface area contributed by atoms with Crippen molar-refractivity contribution in [2.24, 2.45) is 0 Å². The summed E-state index contributed by atoms with van der Waals surface area (Å²) in [7, 11) is 2.19. The third-order valence-corrected chi connectivity index (χ3v) is 10.3. The van der Waals surface area contributed by atoms with Crippen molar-refractivity contribution in [3.8, 4) is 17.6 Å². The Balaban J connectivity index is 1.35. The maximum atomic E-state index is 9.98. The van der Waals surface area contributed by atoms with Gasteiger partial charge in [0.05, 0.1) is 28.1 Å². The first kappa shape index (κ1) is 23.8. The van der Waals surface area contributed by atoms with Crippen molar-refractivity contribution in [1.29, 1.82) is 5.26 Å². The molecule has 1 spiro atoms. The van der Waals surface area contributed by atoms with Crippen LogP contribution in [0, 0.1) is 18.3 Å². The van der Waals surface area contributed by atoms with Crippen molar-refractivity contribution in [3.63, 3.8) is 0 Å². The second-order valence-electron chi connectivity index (χ2n) is 11.3. The molecule has 2 aliphatic carbocycles. The molecule has 1 saturated heterocycles. The van der Waals surface area contributed by atoms with E-state index in [0.29, 0.717) is 28.1 Å². The summed E-state index contributed by atoms with van der Waals surface area (Å²) in [5.41, 5.74) is 11.2. The minimum Gasteiger partial charge on any atom is -0.389 e. The summed E-state index contributed by atoms with van der Waals surface area (Å²) in [6.07, 6.45) is 9.98. The Bertz CT molecular complexity index is 1600. The number of nitrogens with zero attached hydrogens (tertiary/aromatic N) is 7. The number of rotatable bonds is 3. The third kappa shape index (κ3) is 3.24. The summed E-state index contributed by atoms with van der Waals surface area (Å²) in [4.78, 5) is 13.5. The SMILES string of the molecule is Cc1nn([C@@H](C)[C@@H]2CCCN2C)c2nc(-c3noc4c3CCC[C@@]43CCCc4sc(N)c(C#N)c43)ncc12. The molecule has 0 bridgehead atoms. The van der Waals surface area contributed by atoms with E-state index in [1.807, 2.05) is 13.1 Å². The number of fused-ring (bicyclic) bond motifs is 5. The van der Waals surface area contributed by atoms with Gasteiger partial charge in [-0.25, -0.2) is 14.6 Å². The van der Waals surface area contributed by atoms with Gasteiger partial charge in [0.1, 0.15) is 11.1 Å². The first-order chi connectivity index (χ1) is 18.4. The predicted molar refractivity (Wildman–Crippen MR) is 146 cm³/mol. The van der Waals surface area contributed by atoms with Gasteiger partial charge in [0.15, 0.2) is 22.9 Å². The minimum absolute atomic E-state index is 0.199. The Morgan fingerprint density at radius 2 is 2.08 bits per heavy atom. The topological polar surface area (TPSA) is 123 Å². The highest BCUT2D eigenvalue weighted by molar-refractivity contribution is 7.16. The van der Waals surface area contributed by atoms with E-state index < -0.39 is 0 Å². The zero-order chi connectivity index (χ0) is 26.2. The average Bonchev–Trinajstić information content (AvgIpc) is 3.68. The van der Waals surface area contributed by atoms with Crippen molar-refractivity contribution in [1.82, 2.24) is 29.8 Å². The maximum Gasteiger partial charge on any atom is 0.184 e. The fraction of sp³-hybridized carbons (Fsp3) is 0.536. The van der Waals surface area contributed by atoms with E-state index in [-0.39, 0.29) is 11.5 Å². The number of thiophene rings is 1. The highest BCUT2D eigenvalue weighted by Crippen LogP contribution is 2.55. The lowest BCUT2D eigenvalue weighted by Gasteiger charge is -2.39. The van der Waals surface area contributed by atoms with Gasteiger partial charge in [-0.3, -0.25) is 0 Å². The van der Waals surface area contributed by atoms with Gasteiger partial charge in [0.25, 0.3) is 0 Å². The molecule has 0 aromatic carbocycles. The summed E-state index contributed by atoms with van der Waals surface area (Å²) in [5.74, 6) is 1.46. The molecule has 9 nitrogen and oxygen atoms in total. The first-order valence-corrected chi connectivity index (χ1v) is 14.5. The van der Waals surface area contributed by atoms with Crippen LogP contribution in [0.1, 0.15) is 84.5 Å². The van der Waals surface area contributed by atoms with E-state index in [0.717, 1.165) is 85.1 Å². The number of likely N-dealkylation sites (tertiary alicyclic amines) is 1. The second-order valence-corrected chi connectivity index (χ2v) is 12.4. The zero-order valence-corrected chi connectivity index (χ0v) is 22.9. The fourth-order valence-corrected chi connectivity index (χ4v) is 8.55. The van der Waals surface area contributed by atoms with E-state index >= 15 is 0 Å². The number of anilines is 1. The molecule has 196 valence electrons. The van der Waals surface area contributed by atoms with Gasteiger partial charge < -0.3 is 15.2 Å². The molecule has 10 heteroatoms. The average molecular weight is 529 g/mol. The predicted octanol–water partition coefficient (Wildman–Crippen LogP) is 4.92. The van der Waals surface area contributed by atoms with E-state index in [9.17, 15) is 5.26 Å². The molecular weight excluding hydrogens is 496 g/mol. The van der Waals surface area contributed by atoms with E-state index in [1.54, 1.807) is 11.3 Å². The summed E-state index contributed by atoms with van der Waals surface area (Å²) in [6.45, 7) is 5.38. The molecule has 0 unspecified atom stereocenters. The number of hydrogen-bond donors (Lipinski definition) is 1. The standard InChI is InChI=1S/C28H32N8OS/c1-15-19-14-31-26(32-27(19)36(33-15)16(2)20-8-6-12-35(20)3)23-17-7-4-10-28(24(17)37-34-23)11-5-9-21-22(28)18(13-29)25(30)38-21/h14,16,20H,4-12,30H2,1-3H3/t16-,20-,28-/m0/s1. The molecule has 7 rings (SSSR count). The van der Waals surface area contributed by atoms with Crippen molar-refractivity contribution >= 4 is 27.4 Å². The molecule has 4 aromatic heterocycles. The van der Waals surface area contributed by atoms with Crippen molar-refractivity contribution in [2.75, 3.05) is 19.3 Å². The third-order valence-electron chi connectivity index (χ3n) is 9.22. The molecule has 3 aliphatic rings. The molecule has 1 aliphatic heterocycles. The highest BCUT2D eigenvalue weighted by Gasteiger charge is 2.48. The van der Waals surface area contributed by atoms with E-state index in [2.05, 4.69) is 34.8 Å². The van der Waals surface area contributed by atoms with Crippen LogP contribution in [0.2, 0.25) is 0 Å². The number of nitrogen functional groups attached to an aromatic ring is 1. The molecule has 2 N–H and O–H groups in total. The van der Waals surface area contributed by atoms with Crippen LogP contribution in [-0.4, -0.2) is 49.4 Å². The molecule has 0 amide bonds. The highest BCUT2D eigenvalue weighted by atomic mass is 32.1. The Kier molecular flexibility index (Phi) is 5.39. The Hall–Kier alpha value is -3.29. The normalized spacial score (nSPS) is 24.0. The Labute approximate surface area is 225 Å². The van der Waals surface area contributed by atoms with Crippen molar-refractivity contribution < 1.29 is 4.52 Å².